The van der Waals surface area contributed by atoms with E-state index < -0.39 is 12.0 Å². The summed E-state index contributed by atoms with van der Waals surface area (Å²) in [4.78, 5) is 10.8. The Labute approximate surface area is 125 Å². The molecule has 1 saturated carbocycles. The number of benzene rings is 1. The third-order valence-corrected chi connectivity index (χ3v) is 3.86. The molecule has 0 aliphatic heterocycles. The Hall–Kier alpha value is -1.75. The molecular formula is C16H23NO4. The molecular weight excluding hydrogens is 270 g/mol. The van der Waals surface area contributed by atoms with E-state index in [2.05, 4.69) is 0 Å². The molecule has 1 atom stereocenters. The summed E-state index contributed by atoms with van der Waals surface area (Å²) in [6.45, 7) is 0. The van der Waals surface area contributed by atoms with Crippen LogP contribution in [0.15, 0.2) is 18.2 Å². The molecule has 1 aromatic rings. The molecule has 1 fully saturated rings. The van der Waals surface area contributed by atoms with E-state index in [0.717, 1.165) is 18.4 Å². The van der Waals surface area contributed by atoms with E-state index in [1.54, 1.807) is 25.3 Å². The van der Waals surface area contributed by atoms with Crippen LogP contribution >= 0.6 is 0 Å². The van der Waals surface area contributed by atoms with Gasteiger partial charge in [0, 0.05) is 6.04 Å². The van der Waals surface area contributed by atoms with Gasteiger partial charge in [0.05, 0.1) is 19.6 Å². The SMILES string of the molecule is COc1ccc(C(N)CC(=O)O)cc1OC1CCCCC1. The van der Waals surface area contributed by atoms with Crippen LogP contribution < -0.4 is 15.2 Å². The number of hydrogen-bond donors (Lipinski definition) is 2. The minimum absolute atomic E-state index is 0.102. The predicted molar refractivity (Wildman–Crippen MR) is 79.7 cm³/mol. The Morgan fingerprint density at radius 3 is 2.67 bits per heavy atom. The number of carbonyl (C=O) groups is 1. The zero-order valence-corrected chi connectivity index (χ0v) is 12.4. The summed E-state index contributed by atoms with van der Waals surface area (Å²) < 4.78 is 11.4. The minimum Gasteiger partial charge on any atom is -0.493 e. The van der Waals surface area contributed by atoms with Gasteiger partial charge in [-0.3, -0.25) is 4.79 Å². The molecule has 1 aliphatic carbocycles. The number of rotatable bonds is 6. The van der Waals surface area contributed by atoms with Crippen LogP contribution in [0.1, 0.15) is 50.1 Å². The van der Waals surface area contributed by atoms with Crippen molar-refractivity contribution in [3.63, 3.8) is 0 Å². The van der Waals surface area contributed by atoms with E-state index in [1.165, 1.54) is 19.3 Å². The van der Waals surface area contributed by atoms with Gasteiger partial charge in [-0.1, -0.05) is 12.5 Å². The standard InChI is InChI=1S/C16H23NO4/c1-20-14-8-7-11(13(17)10-16(18)19)9-15(14)21-12-5-3-2-4-6-12/h7-9,12-13H,2-6,10,17H2,1H3,(H,18,19). The van der Waals surface area contributed by atoms with E-state index in [-0.39, 0.29) is 12.5 Å². The monoisotopic (exact) mass is 293 g/mol. The normalized spacial score (nSPS) is 17.2. The molecule has 2 rings (SSSR count). The lowest BCUT2D eigenvalue weighted by atomic mass is 9.97. The second-order valence-corrected chi connectivity index (χ2v) is 5.49. The van der Waals surface area contributed by atoms with Gasteiger partial charge in [-0.25, -0.2) is 0 Å². The van der Waals surface area contributed by atoms with Gasteiger partial charge in [-0.15, -0.1) is 0 Å². The number of aliphatic carboxylic acids is 1. The molecule has 1 aromatic carbocycles. The van der Waals surface area contributed by atoms with Crippen LogP contribution in [-0.4, -0.2) is 24.3 Å². The lowest BCUT2D eigenvalue weighted by Gasteiger charge is -2.24. The van der Waals surface area contributed by atoms with Crippen LogP contribution in [-0.2, 0) is 4.79 Å². The van der Waals surface area contributed by atoms with Crippen LogP contribution in [0, 0.1) is 0 Å². The van der Waals surface area contributed by atoms with Crippen LogP contribution in [0.5, 0.6) is 11.5 Å². The summed E-state index contributed by atoms with van der Waals surface area (Å²) >= 11 is 0. The largest absolute Gasteiger partial charge is 0.493 e. The highest BCUT2D eigenvalue weighted by Gasteiger charge is 2.19. The summed E-state index contributed by atoms with van der Waals surface area (Å²) in [5.41, 5.74) is 6.67. The molecule has 3 N–H and O–H groups in total. The Morgan fingerprint density at radius 2 is 2.05 bits per heavy atom. The van der Waals surface area contributed by atoms with Gasteiger partial charge in [0.2, 0.25) is 0 Å². The number of hydrogen-bond acceptors (Lipinski definition) is 4. The smallest absolute Gasteiger partial charge is 0.305 e. The van der Waals surface area contributed by atoms with Crippen LogP contribution in [0.3, 0.4) is 0 Å². The highest BCUT2D eigenvalue weighted by atomic mass is 16.5. The second-order valence-electron chi connectivity index (χ2n) is 5.49. The lowest BCUT2D eigenvalue weighted by molar-refractivity contribution is -0.137. The Bertz CT molecular complexity index is 483. The topological polar surface area (TPSA) is 81.8 Å². The fraction of sp³-hybridized carbons (Fsp3) is 0.562. The lowest BCUT2D eigenvalue weighted by Crippen LogP contribution is -2.20. The van der Waals surface area contributed by atoms with Crippen molar-refractivity contribution in [1.82, 2.24) is 0 Å². The third-order valence-electron chi connectivity index (χ3n) is 3.86. The van der Waals surface area contributed by atoms with Gasteiger partial charge < -0.3 is 20.3 Å². The first-order valence-corrected chi connectivity index (χ1v) is 7.42. The van der Waals surface area contributed by atoms with Crippen LogP contribution in [0.4, 0.5) is 0 Å². The highest BCUT2D eigenvalue weighted by molar-refractivity contribution is 5.68. The number of ether oxygens (including phenoxy) is 2. The van der Waals surface area contributed by atoms with Crippen molar-refractivity contribution in [2.75, 3.05) is 7.11 Å². The molecule has 0 amide bonds. The Kier molecular flexibility index (Phi) is 5.44. The van der Waals surface area contributed by atoms with E-state index in [4.69, 9.17) is 20.3 Å². The maximum absolute atomic E-state index is 10.8. The molecule has 1 unspecified atom stereocenters. The molecule has 5 nitrogen and oxygen atoms in total. The maximum atomic E-state index is 10.8. The van der Waals surface area contributed by atoms with Crippen LogP contribution in [0.25, 0.3) is 0 Å². The van der Waals surface area contributed by atoms with E-state index in [1.807, 2.05) is 0 Å². The van der Waals surface area contributed by atoms with E-state index >= 15 is 0 Å². The Balaban J connectivity index is 2.14. The van der Waals surface area contributed by atoms with Gasteiger partial charge in [-0.05, 0) is 43.4 Å². The first-order chi connectivity index (χ1) is 10.1. The summed E-state index contributed by atoms with van der Waals surface area (Å²) in [6.07, 6.45) is 5.84. The van der Waals surface area contributed by atoms with E-state index in [0.29, 0.717) is 11.5 Å². The molecule has 0 heterocycles. The van der Waals surface area contributed by atoms with Crippen molar-refractivity contribution in [3.8, 4) is 11.5 Å². The predicted octanol–water partition coefficient (Wildman–Crippen LogP) is 2.88. The van der Waals surface area contributed by atoms with Crippen molar-refractivity contribution < 1.29 is 19.4 Å². The summed E-state index contributed by atoms with van der Waals surface area (Å²) in [5.74, 6) is 0.405. The maximum Gasteiger partial charge on any atom is 0.305 e. The number of carboxylic acid groups (broad SMARTS) is 1. The quantitative estimate of drug-likeness (QED) is 0.842. The summed E-state index contributed by atoms with van der Waals surface area (Å²) in [5, 5.41) is 8.84. The van der Waals surface area contributed by atoms with Crippen molar-refractivity contribution in [2.24, 2.45) is 5.73 Å². The van der Waals surface area contributed by atoms with Crippen molar-refractivity contribution in [3.05, 3.63) is 23.8 Å². The molecule has 0 spiro atoms. The zero-order valence-electron chi connectivity index (χ0n) is 12.4. The summed E-state index contributed by atoms with van der Waals surface area (Å²) in [6, 6.07) is 4.85. The molecule has 5 heteroatoms. The molecule has 0 saturated heterocycles. The average molecular weight is 293 g/mol. The van der Waals surface area contributed by atoms with Crippen molar-refractivity contribution >= 4 is 5.97 Å². The first kappa shape index (κ1) is 15.6. The summed E-state index contributed by atoms with van der Waals surface area (Å²) in [7, 11) is 1.60. The molecule has 0 radical (unpaired) electrons. The van der Waals surface area contributed by atoms with Crippen molar-refractivity contribution in [1.29, 1.82) is 0 Å². The highest BCUT2D eigenvalue weighted by Crippen LogP contribution is 2.33. The number of methoxy groups -OCH3 is 1. The average Bonchev–Trinajstić information content (AvgIpc) is 2.47. The van der Waals surface area contributed by atoms with Gasteiger partial charge in [0.25, 0.3) is 0 Å². The second kappa shape index (κ2) is 7.31. The Morgan fingerprint density at radius 1 is 1.33 bits per heavy atom. The number of nitrogens with two attached hydrogens (primary N) is 1. The third kappa shape index (κ3) is 4.36. The molecule has 0 aromatic heterocycles. The zero-order chi connectivity index (χ0) is 15.2. The first-order valence-electron chi connectivity index (χ1n) is 7.42. The van der Waals surface area contributed by atoms with Crippen molar-refractivity contribution in [2.45, 2.75) is 50.7 Å². The van der Waals surface area contributed by atoms with Gasteiger partial charge in [0.15, 0.2) is 11.5 Å². The number of carboxylic acids is 1. The fourth-order valence-electron chi connectivity index (χ4n) is 2.68. The molecule has 0 bridgehead atoms. The van der Waals surface area contributed by atoms with Crippen LogP contribution in [0.2, 0.25) is 0 Å². The molecule has 116 valence electrons. The molecule has 21 heavy (non-hydrogen) atoms. The van der Waals surface area contributed by atoms with Gasteiger partial charge in [0.1, 0.15) is 0 Å². The fourth-order valence-corrected chi connectivity index (χ4v) is 2.68. The minimum atomic E-state index is -0.909. The van der Waals surface area contributed by atoms with Gasteiger partial charge in [-0.2, -0.15) is 0 Å². The molecule has 1 aliphatic rings. The van der Waals surface area contributed by atoms with Gasteiger partial charge >= 0.3 is 5.97 Å². The van der Waals surface area contributed by atoms with E-state index in [9.17, 15) is 4.79 Å².